The van der Waals surface area contributed by atoms with Crippen molar-refractivity contribution in [1.29, 1.82) is 0 Å². The van der Waals surface area contributed by atoms with Gasteiger partial charge in [0.2, 0.25) is 11.7 Å². The second-order valence-electron chi connectivity index (χ2n) is 4.71. The first-order valence-electron chi connectivity index (χ1n) is 6.65. The van der Waals surface area contributed by atoms with Crippen molar-refractivity contribution in [2.45, 2.75) is 33.7 Å². The summed E-state index contributed by atoms with van der Waals surface area (Å²) < 4.78 is 7.44. The standard InChI is InChI=1S/C15H17N3O/c1-4-14-16-15(17-19-14)12-9-18(5-2)13-8-10(3)6-7-11(12)13/h6-9H,4-5H2,1-3H3. The first-order chi connectivity index (χ1) is 9.22. The van der Waals surface area contributed by atoms with E-state index in [-0.39, 0.29) is 0 Å². The molecule has 0 saturated carbocycles. The lowest BCUT2D eigenvalue weighted by Crippen LogP contribution is -1.90. The smallest absolute Gasteiger partial charge is 0.226 e. The van der Waals surface area contributed by atoms with Gasteiger partial charge in [-0.1, -0.05) is 24.2 Å². The monoisotopic (exact) mass is 255 g/mol. The van der Waals surface area contributed by atoms with Crippen LogP contribution in [0.4, 0.5) is 0 Å². The van der Waals surface area contributed by atoms with Gasteiger partial charge < -0.3 is 9.09 Å². The molecule has 0 unspecified atom stereocenters. The molecule has 4 heteroatoms. The van der Waals surface area contributed by atoms with Crippen LogP contribution in [0.15, 0.2) is 28.9 Å². The second-order valence-corrected chi connectivity index (χ2v) is 4.71. The van der Waals surface area contributed by atoms with Gasteiger partial charge in [0, 0.05) is 35.6 Å². The Hall–Kier alpha value is -2.10. The number of fused-ring (bicyclic) bond motifs is 1. The fourth-order valence-electron chi connectivity index (χ4n) is 2.35. The van der Waals surface area contributed by atoms with Crippen molar-refractivity contribution in [1.82, 2.24) is 14.7 Å². The molecular formula is C15H17N3O. The number of benzene rings is 1. The van der Waals surface area contributed by atoms with Gasteiger partial charge in [0.05, 0.1) is 0 Å². The third kappa shape index (κ3) is 1.93. The predicted molar refractivity (Wildman–Crippen MR) is 75.0 cm³/mol. The van der Waals surface area contributed by atoms with E-state index in [1.807, 2.05) is 6.92 Å². The second kappa shape index (κ2) is 4.53. The zero-order valence-corrected chi connectivity index (χ0v) is 11.5. The molecule has 2 heterocycles. The fraction of sp³-hybridized carbons (Fsp3) is 0.333. The first kappa shape index (κ1) is 12.0. The van der Waals surface area contributed by atoms with Crippen molar-refractivity contribution in [3.63, 3.8) is 0 Å². The summed E-state index contributed by atoms with van der Waals surface area (Å²) in [5, 5.41) is 5.25. The summed E-state index contributed by atoms with van der Waals surface area (Å²) in [5.74, 6) is 1.36. The highest BCUT2D eigenvalue weighted by atomic mass is 16.5. The molecule has 0 bridgehead atoms. The molecule has 0 saturated heterocycles. The van der Waals surface area contributed by atoms with E-state index >= 15 is 0 Å². The van der Waals surface area contributed by atoms with Gasteiger partial charge in [0.1, 0.15) is 0 Å². The Morgan fingerprint density at radius 2 is 2.11 bits per heavy atom. The van der Waals surface area contributed by atoms with Crippen LogP contribution in [-0.4, -0.2) is 14.7 Å². The molecule has 3 aromatic rings. The number of rotatable bonds is 3. The van der Waals surface area contributed by atoms with Crippen molar-refractivity contribution in [3.8, 4) is 11.4 Å². The van der Waals surface area contributed by atoms with Gasteiger partial charge in [-0.15, -0.1) is 0 Å². The van der Waals surface area contributed by atoms with E-state index in [0.717, 1.165) is 18.5 Å². The SMILES string of the molecule is CCc1nc(-c2cn(CC)c3cc(C)ccc23)no1. The quantitative estimate of drug-likeness (QED) is 0.718. The van der Waals surface area contributed by atoms with Crippen molar-refractivity contribution in [3.05, 3.63) is 35.9 Å². The van der Waals surface area contributed by atoms with Crippen molar-refractivity contribution in [2.24, 2.45) is 0 Å². The van der Waals surface area contributed by atoms with Crippen LogP contribution < -0.4 is 0 Å². The van der Waals surface area contributed by atoms with Gasteiger partial charge in [0.25, 0.3) is 0 Å². The van der Waals surface area contributed by atoms with Crippen LogP contribution in [0.2, 0.25) is 0 Å². The van der Waals surface area contributed by atoms with Crippen LogP contribution in [-0.2, 0) is 13.0 Å². The summed E-state index contributed by atoms with van der Waals surface area (Å²) in [6.45, 7) is 7.18. The molecule has 0 amide bonds. The molecule has 0 N–H and O–H groups in total. The van der Waals surface area contributed by atoms with E-state index in [2.05, 4.69) is 53.0 Å². The Bertz CT molecular complexity index is 724. The number of aromatic nitrogens is 3. The summed E-state index contributed by atoms with van der Waals surface area (Å²) in [7, 11) is 0. The fourth-order valence-corrected chi connectivity index (χ4v) is 2.35. The molecule has 2 aromatic heterocycles. The number of hydrogen-bond acceptors (Lipinski definition) is 3. The zero-order valence-electron chi connectivity index (χ0n) is 11.5. The summed E-state index contributed by atoms with van der Waals surface area (Å²) in [4.78, 5) is 4.43. The van der Waals surface area contributed by atoms with Crippen LogP contribution in [0.3, 0.4) is 0 Å². The molecule has 19 heavy (non-hydrogen) atoms. The van der Waals surface area contributed by atoms with Gasteiger partial charge in [-0.25, -0.2) is 0 Å². The lowest BCUT2D eigenvalue weighted by Gasteiger charge is -2.00. The van der Waals surface area contributed by atoms with Crippen LogP contribution >= 0.6 is 0 Å². The van der Waals surface area contributed by atoms with Crippen molar-refractivity contribution >= 4 is 10.9 Å². The maximum Gasteiger partial charge on any atom is 0.226 e. The molecule has 3 rings (SSSR count). The minimum atomic E-state index is 0.679. The number of aryl methyl sites for hydroxylation is 3. The van der Waals surface area contributed by atoms with Crippen LogP contribution in [0.25, 0.3) is 22.3 Å². The van der Waals surface area contributed by atoms with E-state index in [9.17, 15) is 0 Å². The lowest BCUT2D eigenvalue weighted by molar-refractivity contribution is 0.383. The molecule has 0 aliphatic heterocycles. The topological polar surface area (TPSA) is 43.9 Å². The van der Waals surface area contributed by atoms with Gasteiger partial charge >= 0.3 is 0 Å². The summed E-state index contributed by atoms with van der Waals surface area (Å²) in [6, 6.07) is 6.45. The molecule has 0 fully saturated rings. The van der Waals surface area contributed by atoms with Crippen molar-refractivity contribution in [2.75, 3.05) is 0 Å². The molecule has 0 radical (unpaired) electrons. The third-order valence-corrected chi connectivity index (χ3v) is 3.39. The highest BCUT2D eigenvalue weighted by Crippen LogP contribution is 2.29. The highest BCUT2D eigenvalue weighted by Gasteiger charge is 2.14. The summed E-state index contributed by atoms with van der Waals surface area (Å²) in [5.41, 5.74) is 3.52. The van der Waals surface area contributed by atoms with Crippen molar-refractivity contribution < 1.29 is 4.52 Å². The molecular weight excluding hydrogens is 238 g/mol. The maximum atomic E-state index is 5.21. The Kier molecular flexibility index (Phi) is 2.85. The Balaban J connectivity index is 2.23. The molecule has 0 aliphatic rings. The summed E-state index contributed by atoms with van der Waals surface area (Å²) >= 11 is 0. The first-order valence-corrected chi connectivity index (χ1v) is 6.65. The van der Waals surface area contributed by atoms with E-state index in [1.165, 1.54) is 16.5 Å². The van der Waals surface area contributed by atoms with E-state index in [1.54, 1.807) is 0 Å². The van der Waals surface area contributed by atoms with E-state index in [4.69, 9.17) is 4.52 Å². The Morgan fingerprint density at radius 1 is 1.26 bits per heavy atom. The van der Waals surface area contributed by atoms with Gasteiger partial charge in [-0.05, 0) is 25.5 Å². The van der Waals surface area contributed by atoms with Crippen LogP contribution in [0.1, 0.15) is 25.3 Å². The van der Waals surface area contributed by atoms with E-state index < -0.39 is 0 Å². The Morgan fingerprint density at radius 3 is 2.79 bits per heavy atom. The minimum Gasteiger partial charge on any atom is -0.347 e. The lowest BCUT2D eigenvalue weighted by atomic mass is 10.1. The number of nitrogens with zero attached hydrogens (tertiary/aromatic N) is 3. The van der Waals surface area contributed by atoms with E-state index in [0.29, 0.717) is 11.7 Å². The maximum absolute atomic E-state index is 5.21. The normalized spacial score (nSPS) is 11.3. The molecule has 4 nitrogen and oxygen atoms in total. The third-order valence-electron chi connectivity index (χ3n) is 3.39. The van der Waals surface area contributed by atoms with Gasteiger partial charge in [0.15, 0.2) is 0 Å². The van der Waals surface area contributed by atoms with Gasteiger partial charge in [-0.2, -0.15) is 4.98 Å². The number of hydrogen-bond donors (Lipinski definition) is 0. The molecule has 98 valence electrons. The highest BCUT2D eigenvalue weighted by molar-refractivity contribution is 5.94. The average molecular weight is 255 g/mol. The minimum absolute atomic E-state index is 0.679. The predicted octanol–water partition coefficient (Wildman–Crippen LogP) is 3.58. The molecule has 1 aromatic carbocycles. The summed E-state index contributed by atoms with van der Waals surface area (Å²) in [6.07, 6.45) is 2.87. The molecule has 0 aliphatic carbocycles. The zero-order chi connectivity index (χ0) is 13.4. The largest absolute Gasteiger partial charge is 0.347 e. The van der Waals surface area contributed by atoms with Crippen LogP contribution in [0.5, 0.6) is 0 Å². The van der Waals surface area contributed by atoms with Gasteiger partial charge in [-0.3, -0.25) is 0 Å². The average Bonchev–Trinajstić information content (AvgIpc) is 3.01. The molecule has 0 atom stereocenters. The Labute approximate surface area is 112 Å². The van der Waals surface area contributed by atoms with Crippen LogP contribution in [0, 0.1) is 6.92 Å². The molecule has 0 spiro atoms.